The van der Waals surface area contributed by atoms with Crippen LogP contribution in [0.2, 0.25) is 10.0 Å². The van der Waals surface area contributed by atoms with E-state index in [1.165, 1.54) is 4.91 Å². The molecule has 0 radical (unpaired) electrons. The molecule has 1 heterocycles. The fraction of sp³-hybridized carbons (Fsp3) is 0.364. The lowest BCUT2D eigenvalue weighted by Crippen LogP contribution is -2.25. The Hall–Kier alpha value is -1.37. The summed E-state index contributed by atoms with van der Waals surface area (Å²) >= 11 is 14.2. The molecule has 1 saturated heterocycles. The molecule has 0 saturated carbocycles. The van der Waals surface area contributed by atoms with E-state index in [9.17, 15) is 5.11 Å². The summed E-state index contributed by atoms with van der Waals surface area (Å²) in [7, 11) is 0. The van der Waals surface area contributed by atoms with E-state index in [1.807, 2.05) is 36.0 Å². The Morgan fingerprint density at radius 1 is 1.14 bits per heavy atom. The molecule has 0 spiro atoms. The summed E-state index contributed by atoms with van der Waals surface area (Å²) in [6, 6.07) is 11.3. The van der Waals surface area contributed by atoms with E-state index in [0.29, 0.717) is 21.5 Å². The summed E-state index contributed by atoms with van der Waals surface area (Å²) in [5.41, 5.74) is 2.01. The molecule has 3 rings (SSSR count). The van der Waals surface area contributed by atoms with Crippen molar-refractivity contribution in [2.24, 2.45) is 0 Å². The third kappa shape index (κ3) is 6.56. The number of thioether (sulfide) groups is 1. The molecular formula is C22H25Cl2NO3S. The van der Waals surface area contributed by atoms with Crippen molar-refractivity contribution >= 4 is 41.0 Å². The summed E-state index contributed by atoms with van der Waals surface area (Å²) in [5, 5.41) is 14.5. The number of hydrogen-bond acceptors (Lipinski definition) is 5. The second-order valence-electron chi connectivity index (χ2n) is 6.76. The zero-order valence-corrected chi connectivity index (χ0v) is 18.6. The number of aliphatic hydroxyl groups excluding tert-OH is 1. The lowest BCUT2D eigenvalue weighted by atomic mass is 10.1. The molecule has 0 bridgehead atoms. The molecule has 2 aromatic rings. The first kappa shape index (κ1) is 22.3. The highest BCUT2D eigenvalue weighted by Gasteiger charge is 2.14. The van der Waals surface area contributed by atoms with Crippen molar-refractivity contribution < 1.29 is 14.6 Å². The number of aliphatic hydroxyl groups is 1. The van der Waals surface area contributed by atoms with Crippen LogP contribution in [-0.4, -0.2) is 36.8 Å². The first-order valence-electron chi connectivity index (χ1n) is 9.61. The summed E-state index contributed by atoms with van der Waals surface area (Å²) in [4.78, 5) is 1.33. The molecule has 1 fully saturated rings. The maximum Gasteiger partial charge on any atom is 0.124 e. The Morgan fingerprint density at radius 3 is 2.59 bits per heavy atom. The maximum atomic E-state index is 10.2. The van der Waals surface area contributed by atoms with Gasteiger partial charge in [0.15, 0.2) is 0 Å². The van der Waals surface area contributed by atoms with Crippen molar-refractivity contribution in [3.63, 3.8) is 0 Å². The van der Waals surface area contributed by atoms with Gasteiger partial charge in [0.25, 0.3) is 0 Å². The van der Waals surface area contributed by atoms with Crippen LogP contribution in [0, 0.1) is 0 Å². The molecule has 29 heavy (non-hydrogen) atoms. The summed E-state index contributed by atoms with van der Waals surface area (Å²) in [6.45, 7) is 3.25. The van der Waals surface area contributed by atoms with Crippen molar-refractivity contribution in [3.05, 3.63) is 62.5 Å². The highest BCUT2D eigenvalue weighted by atomic mass is 35.5. The molecule has 2 N–H and O–H groups in total. The van der Waals surface area contributed by atoms with Crippen LogP contribution in [0.3, 0.4) is 0 Å². The van der Waals surface area contributed by atoms with Gasteiger partial charge in [-0.25, -0.2) is 0 Å². The fourth-order valence-corrected chi connectivity index (χ4v) is 4.17. The van der Waals surface area contributed by atoms with Gasteiger partial charge in [-0.15, -0.1) is 11.8 Å². The molecule has 2 aromatic carbocycles. The highest BCUT2D eigenvalue weighted by molar-refractivity contribution is 8.03. The van der Waals surface area contributed by atoms with E-state index >= 15 is 0 Å². The number of benzene rings is 2. The molecule has 0 aromatic heterocycles. The van der Waals surface area contributed by atoms with E-state index in [2.05, 4.69) is 18.3 Å². The third-order valence-electron chi connectivity index (χ3n) is 4.39. The maximum absolute atomic E-state index is 10.2. The average Bonchev–Trinajstić information content (AvgIpc) is 3.23. The van der Waals surface area contributed by atoms with Gasteiger partial charge in [0.1, 0.15) is 30.8 Å². The monoisotopic (exact) mass is 453 g/mol. The van der Waals surface area contributed by atoms with Crippen LogP contribution in [0.5, 0.6) is 11.5 Å². The molecule has 156 valence electrons. The quantitative estimate of drug-likeness (QED) is 0.532. The van der Waals surface area contributed by atoms with Crippen LogP contribution < -0.4 is 14.8 Å². The first-order valence-corrected chi connectivity index (χ1v) is 11.4. The van der Waals surface area contributed by atoms with Gasteiger partial charge in [0, 0.05) is 22.9 Å². The minimum Gasteiger partial charge on any atom is -0.491 e. The van der Waals surface area contributed by atoms with Gasteiger partial charge in [-0.1, -0.05) is 48.7 Å². The number of nitrogens with one attached hydrogen (secondary N) is 1. The lowest BCUT2D eigenvalue weighted by Gasteiger charge is -2.17. The lowest BCUT2D eigenvalue weighted by molar-refractivity contribution is 0.0623. The zero-order valence-electron chi connectivity index (χ0n) is 16.3. The van der Waals surface area contributed by atoms with Crippen molar-refractivity contribution in [2.45, 2.75) is 25.9 Å². The minimum atomic E-state index is -0.762. The van der Waals surface area contributed by atoms with Crippen LogP contribution in [-0.2, 0) is 6.42 Å². The Balaban J connectivity index is 1.49. The fourth-order valence-electron chi connectivity index (χ4n) is 2.93. The standard InChI is InChI=1S/C22H25Cl2NO3S/c1-2-3-19-21(9-8-20(23)22(19)24)28-13-16(26)12-27-17-6-4-15(5-7-17)10-18-11-25-14-29-18/h4-10,16,25-26H,2-3,11-14H2,1H3/t16-/m1/s1. The van der Waals surface area contributed by atoms with Crippen LogP contribution in [0.25, 0.3) is 6.08 Å². The largest absolute Gasteiger partial charge is 0.491 e. The Morgan fingerprint density at radius 2 is 1.90 bits per heavy atom. The topological polar surface area (TPSA) is 50.7 Å². The van der Waals surface area contributed by atoms with Crippen LogP contribution in [0.4, 0.5) is 0 Å². The molecule has 1 aliphatic heterocycles. The molecule has 0 aliphatic carbocycles. The predicted molar refractivity (Wildman–Crippen MR) is 122 cm³/mol. The van der Waals surface area contributed by atoms with Gasteiger partial charge in [0.05, 0.1) is 10.0 Å². The zero-order chi connectivity index (χ0) is 20.6. The SMILES string of the molecule is CCCc1c(OC[C@H](O)COc2ccc(C=C3CNCS3)cc2)ccc(Cl)c1Cl. The molecule has 1 atom stereocenters. The molecular weight excluding hydrogens is 429 g/mol. The summed E-state index contributed by atoms with van der Waals surface area (Å²) < 4.78 is 11.5. The molecule has 1 aliphatic rings. The van der Waals surface area contributed by atoms with Crippen LogP contribution >= 0.6 is 35.0 Å². The normalized spacial score (nSPS) is 16.2. The van der Waals surface area contributed by atoms with Gasteiger partial charge >= 0.3 is 0 Å². The number of halogens is 2. The van der Waals surface area contributed by atoms with Crippen molar-refractivity contribution in [2.75, 3.05) is 25.6 Å². The minimum absolute atomic E-state index is 0.114. The van der Waals surface area contributed by atoms with Crippen molar-refractivity contribution in [1.29, 1.82) is 0 Å². The first-order chi connectivity index (χ1) is 14.1. The molecule has 4 nitrogen and oxygen atoms in total. The van der Waals surface area contributed by atoms with E-state index < -0.39 is 6.10 Å². The Labute approximate surface area is 186 Å². The second kappa shape index (κ2) is 11.1. The summed E-state index contributed by atoms with van der Waals surface area (Å²) in [5.74, 6) is 2.33. The van der Waals surface area contributed by atoms with E-state index in [-0.39, 0.29) is 13.2 Å². The summed E-state index contributed by atoms with van der Waals surface area (Å²) in [6.07, 6.45) is 3.09. The number of hydrogen-bond donors (Lipinski definition) is 2. The second-order valence-corrected chi connectivity index (χ2v) is 8.65. The van der Waals surface area contributed by atoms with Crippen molar-refractivity contribution in [1.82, 2.24) is 5.32 Å². The van der Waals surface area contributed by atoms with E-state index in [4.69, 9.17) is 32.7 Å². The molecule has 7 heteroatoms. The molecule has 0 unspecified atom stereocenters. The van der Waals surface area contributed by atoms with Gasteiger partial charge in [0.2, 0.25) is 0 Å². The predicted octanol–water partition coefficient (Wildman–Crippen LogP) is 5.40. The smallest absolute Gasteiger partial charge is 0.124 e. The van der Waals surface area contributed by atoms with Gasteiger partial charge in [-0.05, 0) is 42.3 Å². The van der Waals surface area contributed by atoms with Gasteiger partial charge in [-0.3, -0.25) is 0 Å². The van der Waals surface area contributed by atoms with Crippen LogP contribution in [0.15, 0.2) is 41.3 Å². The third-order valence-corrected chi connectivity index (χ3v) is 6.22. The average molecular weight is 454 g/mol. The van der Waals surface area contributed by atoms with E-state index in [1.54, 1.807) is 12.1 Å². The van der Waals surface area contributed by atoms with Gasteiger partial charge < -0.3 is 19.9 Å². The van der Waals surface area contributed by atoms with E-state index in [0.717, 1.165) is 36.4 Å². The van der Waals surface area contributed by atoms with Gasteiger partial charge in [-0.2, -0.15) is 0 Å². The highest BCUT2D eigenvalue weighted by Crippen LogP contribution is 2.34. The van der Waals surface area contributed by atoms with Crippen molar-refractivity contribution in [3.8, 4) is 11.5 Å². The number of rotatable bonds is 9. The van der Waals surface area contributed by atoms with Crippen LogP contribution in [0.1, 0.15) is 24.5 Å². The molecule has 0 amide bonds. The Kier molecular flexibility index (Phi) is 8.57. The Bertz CT molecular complexity index is 835. The number of ether oxygens (including phenoxy) is 2.